The number of nitrogens with zero attached hydrogens (tertiary/aromatic N) is 2. The SMILES string of the molecule is C1=Cc2c(oc3ccc(-c4cccc5c4oc4ccc6ccccc6c45)c(C4=NC(c5ccc(-c6ccccc6)cc5)=NC(C5C=Cc6ccccc6C5)N4)c23)CC1. The van der Waals surface area contributed by atoms with Crippen LogP contribution in [-0.2, 0) is 12.8 Å². The van der Waals surface area contributed by atoms with Crippen molar-refractivity contribution in [2.24, 2.45) is 15.9 Å². The first kappa shape index (κ1) is 33.0. The van der Waals surface area contributed by atoms with Gasteiger partial charge in [0.2, 0.25) is 0 Å². The fourth-order valence-electron chi connectivity index (χ4n) is 9.32. The van der Waals surface area contributed by atoms with Gasteiger partial charge in [0.15, 0.2) is 5.84 Å². The van der Waals surface area contributed by atoms with E-state index in [1.54, 1.807) is 0 Å². The summed E-state index contributed by atoms with van der Waals surface area (Å²) in [6, 6.07) is 51.4. The van der Waals surface area contributed by atoms with Gasteiger partial charge >= 0.3 is 0 Å². The Labute approximate surface area is 335 Å². The number of nitrogens with one attached hydrogen (secondary N) is 1. The predicted molar refractivity (Wildman–Crippen MR) is 238 cm³/mol. The minimum Gasteiger partial charge on any atom is -0.460 e. The summed E-state index contributed by atoms with van der Waals surface area (Å²) in [7, 11) is 0. The van der Waals surface area contributed by atoms with Gasteiger partial charge in [0, 0.05) is 50.8 Å². The van der Waals surface area contributed by atoms with Crippen LogP contribution in [0.15, 0.2) is 177 Å². The molecule has 5 nitrogen and oxygen atoms in total. The lowest BCUT2D eigenvalue weighted by Crippen LogP contribution is -2.44. The zero-order valence-corrected chi connectivity index (χ0v) is 31.7. The van der Waals surface area contributed by atoms with Crippen LogP contribution in [-0.4, -0.2) is 17.8 Å². The maximum Gasteiger partial charge on any atom is 0.159 e. The second-order valence-corrected chi connectivity index (χ2v) is 15.6. The van der Waals surface area contributed by atoms with Crippen LogP contribution in [0, 0.1) is 5.92 Å². The first-order valence-corrected chi connectivity index (χ1v) is 20.2. The zero-order chi connectivity index (χ0) is 38.2. The molecule has 0 spiro atoms. The fourth-order valence-corrected chi connectivity index (χ4v) is 9.32. The van der Waals surface area contributed by atoms with E-state index in [2.05, 4.69) is 175 Å². The van der Waals surface area contributed by atoms with Crippen LogP contribution in [0.1, 0.15) is 40.0 Å². The van der Waals surface area contributed by atoms with Crippen molar-refractivity contribution in [2.75, 3.05) is 0 Å². The summed E-state index contributed by atoms with van der Waals surface area (Å²) in [5.74, 6) is 2.59. The summed E-state index contributed by atoms with van der Waals surface area (Å²) in [6.07, 6.45) is 11.4. The minimum absolute atomic E-state index is 0.104. The molecule has 3 aliphatic rings. The number of rotatable bonds is 5. The topological polar surface area (TPSA) is 63.0 Å². The largest absolute Gasteiger partial charge is 0.460 e. The number of amidine groups is 2. The summed E-state index contributed by atoms with van der Waals surface area (Å²) in [6.45, 7) is 0. The number of allylic oxidation sites excluding steroid dienone is 1. The molecule has 1 N–H and O–H groups in total. The van der Waals surface area contributed by atoms with E-state index in [1.165, 1.54) is 27.5 Å². The second-order valence-electron chi connectivity index (χ2n) is 15.6. The lowest BCUT2D eigenvalue weighted by Gasteiger charge is -2.31. The predicted octanol–water partition coefficient (Wildman–Crippen LogP) is 12.8. The van der Waals surface area contributed by atoms with Crippen molar-refractivity contribution in [3.05, 3.63) is 191 Å². The van der Waals surface area contributed by atoms with E-state index in [4.69, 9.17) is 18.8 Å². The minimum atomic E-state index is -0.268. The molecule has 0 amide bonds. The lowest BCUT2D eigenvalue weighted by molar-refractivity contribution is 0.470. The number of aryl methyl sites for hydroxylation is 1. The van der Waals surface area contributed by atoms with Crippen LogP contribution in [0.4, 0.5) is 0 Å². The monoisotopic (exact) mass is 747 g/mol. The van der Waals surface area contributed by atoms with Crippen LogP contribution >= 0.6 is 0 Å². The second kappa shape index (κ2) is 13.2. The van der Waals surface area contributed by atoms with E-state index in [1.807, 2.05) is 0 Å². The molecular formula is C53H37N3O2. The molecule has 7 aromatic carbocycles. The van der Waals surface area contributed by atoms with Crippen molar-refractivity contribution < 1.29 is 8.83 Å². The lowest BCUT2D eigenvalue weighted by atomic mass is 9.87. The van der Waals surface area contributed by atoms with E-state index >= 15 is 0 Å². The fraction of sp³-hybridized carbons (Fsp3) is 0.0943. The molecule has 58 heavy (non-hydrogen) atoms. The van der Waals surface area contributed by atoms with Crippen molar-refractivity contribution in [2.45, 2.75) is 25.4 Å². The molecule has 0 bridgehead atoms. The van der Waals surface area contributed by atoms with E-state index in [9.17, 15) is 0 Å². The van der Waals surface area contributed by atoms with Gasteiger partial charge in [-0.05, 0) is 69.6 Å². The molecule has 0 radical (unpaired) electrons. The van der Waals surface area contributed by atoms with E-state index in [0.717, 1.165) is 97.1 Å². The molecule has 2 unspecified atom stereocenters. The first-order chi connectivity index (χ1) is 28.7. The Hall–Kier alpha value is -7.24. The highest BCUT2D eigenvalue weighted by Gasteiger charge is 2.32. The van der Waals surface area contributed by atoms with Gasteiger partial charge in [-0.3, -0.25) is 0 Å². The Balaban J connectivity index is 1.08. The molecule has 5 heteroatoms. The van der Waals surface area contributed by atoms with Crippen LogP contribution < -0.4 is 5.32 Å². The standard InChI is InChI=1S/C53H37N3O2/c1-2-11-32(12-3-1)34-21-24-36(25-22-34)51-54-52(38-26-23-33-13-4-5-15-37(33)31-38)56-53(55-51)49-40(28-30-46-48(49)42-17-8-9-20-44(42)57-46)41-18-10-19-43-47-39-16-7-6-14-35(39)27-29-45(47)58-50(41)43/h1-8,10-19,21-30,38,52H,9,20,31H2,(H,54,55,56). The molecule has 276 valence electrons. The maximum atomic E-state index is 6.85. The van der Waals surface area contributed by atoms with Crippen LogP contribution in [0.5, 0.6) is 0 Å². The van der Waals surface area contributed by atoms with Gasteiger partial charge in [0.1, 0.15) is 34.5 Å². The van der Waals surface area contributed by atoms with E-state index in [0.29, 0.717) is 5.84 Å². The van der Waals surface area contributed by atoms with Crippen molar-refractivity contribution in [3.63, 3.8) is 0 Å². The summed E-state index contributed by atoms with van der Waals surface area (Å²) < 4.78 is 13.5. The summed E-state index contributed by atoms with van der Waals surface area (Å²) in [5.41, 5.74) is 12.6. The molecule has 2 aliphatic carbocycles. The molecule has 1 aliphatic heterocycles. The number of hydrogen-bond donors (Lipinski definition) is 1. The van der Waals surface area contributed by atoms with Crippen molar-refractivity contribution in [3.8, 4) is 22.3 Å². The van der Waals surface area contributed by atoms with Crippen LogP contribution in [0.3, 0.4) is 0 Å². The van der Waals surface area contributed by atoms with E-state index in [-0.39, 0.29) is 12.1 Å². The molecule has 2 aromatic heterocycles. The van der Waals surface area contributed by atoms with Crippen LogP contribution in [0.25, 0.3) is 78.1 Å². The smallest absolute Gasteiger partial charge is 0.159 e. The average Bonchev–Trinajstić information content (AvgIpc) is 3.88. The third-order valence-corrected chi connectivity index (χ3v) is 12.2. The van der Waals surface area contributed by atoms with Gasteiger partial charge in [0.25, 0.3) is 0 Å². The molecular weight excluding hydrogens is 711 g/mol. The number of fused-ring (bicyclic) bond motifs is 9. The zero-order valence-electron chi connectivity index (χ0n) is 31.7. The highest BCUT2D eigenvalue weighted by molar-refractivity contribution is 6.24. The molecule has 9 aromatic rings. The van der Waals surface area contributed by atoms with Gasteiger partial charge in [0.05, 0.1) is 0 Å². The third-order valence-electron chi connectivity index (χ3n) is 12.2. The molecule has 2 atom stereocenters. The Bertz CT molecular complexity index is 3230. The van der Waals surface area contributed by atoms with Crippen molar-refractivity contribution in [1.82, 2.24) is 5.32 Å². The molecule has 0 saturated carbocycles. The summed E-state index contributed by atoms with van der Waals surface area (Å²) >= 11 is 0. The van der Waals surface area contributed by atoms with E-state index < -0.39 is 0 Å². The van der Waals surface area contributed by atoms with Crippen molar-refractivity contribution in [1.29, 1.82) is 0 Å². The van der Waals surface area contributed by atoms with Gasteiger partial charge in [-0.1, -0.05) is 152 Å². The van der Waals surface area contributed by atoms with Crippen LogP contribution in [0.2, 0.25) is 0 Å². The third kappa shape index (κ3) is 5.31. The molecule has 3 heterocycles. The Morgan fingerprint density at radius 2 is 1.38 bits per heavy atom. The number of para-hydroxylation sites is 1. The average molecular weight is 748 g/mol. The Kier molecular flexibility index (Phi) is 7.49. The van der Waals surface area contributed by atoms with Gasteiger partial charge < -0.3 is 14.2 Å². The molecule has 12 rings (SSSR count). The van der Waals surface area contributed by atoms with Gasteiger partial charge in [-0.15, -0.1) is 0 Å². The Morgan fingerprint density at radius 1 is 0.603 bits per heavy atom. The number of furan rings is 2. The quantitative estimate of drug-likeness (QED) is 0.191. The van der Waals surface area contributed by atoms with Gasteiger partial charge in [-0.2, -0.15) is 0 Å². The number of hydrogen-bond acceptors (Lipinski definition) is 5. The number of aliphatic imine (C=N–C) groups is 2. The first-order valence-electron chi connectivity index (χ1n) is 20.2. The Morgan fingerprint density at radius 3 is 2.31 bits per heavy atom. The van der Waals surface area contributed by atoms with Gasteiger partial charge in [-0.25, -0.2) is 9.98 Å². The summed E-state index contributed by atoms with van der Waals surface area (Å²) in [4.78, 5) is 10.9. The highest BCUT2D eigenvalue weighted by atomic mass is 16.3. The number of benzene rings is 7. The van der Waals surface area contributed by atoms with Crippen molar-refractivity contribution >= 4 is 67.5 Å². The maximum absolute atomic E-state index is 6.85. The molecule has 0 saturated heterocycles. The normalized spacial score (nSPS) is 17.3. The highest BCUT2D eigenvalue weighted by Crippen LogP contribution is 2.44. The molecule has 0 fully saturated rings. The summed E-state index contributed by atoms with van der Waals surface area (Å²) in [5, 5.41) is 9.57.